The molecule has 0 radical (unpaired) electrons. The van der Waals surface area contributed by atoms with Crippen molar-refractivity contribution < 1.29 is 4.79 Å². The number of unbranched alkanes of at least 4 members (excludes halogenated alkanes) is 4. The summed E-state index contributed by atoms with van der Waals surface area (Å²) < 4.78 is 0. The summed E-state index contributed by atoms with van der Waals surface area (Å²) in [6.45, 7) is 4.18. The van der Waals surface area contributed by atoms with Crippen LogP contribution in [0.2, 0.25) is 0 Å². The highest BCUT2D eigenvalue weighted by molar-refractivity contribution is 5.52. The molecule has 0 aliphatic heterocycles. The van der Waals surface area contributed by atoms with Crippen LogP contribution in [0, 0.1) is 5.92 Å². The van der Waals surface area contributed by atoms with Gasteiger partial charge >= 0.3 is 0 Å². The van der Waals surface area contributed by atoms with E-state index in [0.717, 1.165) is 12.7 Å². The maximum atomic E-state index is 10.3. The quantitative estimate of drug-likeness (QED) is 0.317. The zero-order valence-corrected chi connectivity index (χ0v) is 8.96. The van der Waals surface area contributed by atoms with E-state index >= 15 is 0 Å². The molecule has 0 heterocycles. The Morgan fingerprint density at radius 1 is 1.15 bits per heavy atom. The molecule has 0 amide bonds. The van der Waals surface area contributed by atoms with Crippen molar-refractivity contribution >= 4 is 6.29 Å². The van der Waals surface area contributed by atoms with E-state index < -0.39 is 0 Å². The minimum absolute atomic E-state index is 0.187. The summed E-state index contributed by atoms with van der Waals surface area (Å²) in [5.41, 5.74) is 0. The molecule has 0 aliphatic rings. The minimum atomic E-state index is 0.187. The molecule has 0 bridgehead atoms. The highest BCUT2D eigenvalue weighted by atomic mass is 16.1. The van der Waals surface area contributed by atoms with Crippen LogP contribution in [0.4, 0.5) is 0 Å². The van der Waals surface area contributed by atoms with Crippen molar-refractivity contribution in [2.75, 3.05) is 0 Å². The fraction of sp³-hybridized carbons (Fsp3) is 0.750. The Morgan fingerprint density at radius 2 is 1.92 bits per heavy atom. The summed E-state index contributed by atoms with van der Waals surface area (Å²) in [5.74, 6) is 0.187. The van der Waals surface area contributed by atoms with Crippen LogP contribution in [0.5, 0.6) is 0 Å². The zero-order chi connectivity index (χ0) is 9.94. The SMILES string of the molecule is CCCCCC/C=C/CC(C)C=O. The van der Waals surface area contributed by atoms with Crippen molar-refractivity contribution in [1.29, 1.82) is 0 Å². The molecule has 1 nitrogen and oxygen atoms in total. The smallest absolute Gasteiger partial charge is 0.123 e. The van der Waals surface area contributed by atoms with Gasteiger partial charge in [-0.1, -0.05) is 45.3 Å². The lowest BCUT2D eigenvalue weighted by Gasteiger charge is -1.96. The summed E-state index contributed by atoms with van der Waals surface area (Å²) in [6.07, 6.45) is 12.7. The molecule has 0 aliphatic carbocycles. The third-order valence-corrected chi connectivity index (χ3v) is 2.13. The number of carbonyl (C=O) groups excluding carboxylic acids is 1. The van der Waals surface area contributed by atoms with Crippen LogP contribution < -0.4 is 0 Å². The molecule has 0 fully saturated rings. The van der Waals surface area contributed by atoms with E-state index in [9.17, 15) is 4.79 Å². The lowest BCUT2D eigenvalue weighted by atomic mass is 10.1. The van der Waals surface area contributed by atoms with Gasteiger partial charge in [0.05, 0.1) is 0 Å². The number of allylic oxidation sites excluding steroid dienone is 2. The first-order valence-corrected chi connectivity index (χ1v) is 5.41. The van der Waals surface area contributed by atoms with Crippen LogP contribution in [-0.2, 0) is 4.79 Å². The normalized spacial score (nSPS) is 13.4. The van der Waals surface area contributed by atoms with E-state index in [1.54, 1.807) is 0 Å². The third kappa shape index (κ3) is 9.32. The highest BCUT2D eigenvalue weighted by Gasteiger charge is 1.93. The Hall–Kier alpha value is -0.590. The fourth-order valence-corrected chi connectivity index (χ4v) is 1.17. The van der Waals surface area contributed by atoms with E-state index in [2.05, 4.69) is 19.1 Å². The van der Waals surface area contributed by atoms with Crippen molar-refractivity contribution in [2.24, 2.45) is 5.92 Å². The summed E-state index contributed by atoms with van der Waals surface area (Å²) in [5, 5.41) is 0. The second-order valence-corrected chi connectivity index (χ2v) is 3.67. The molecule has 0 aromatic rings. The topological polar surface area (TPSA) is 17.1 Å². The first kappa shape index (κ1) is 12.4. The van der Waals surface area contributed by atoms with E-state index in [-0.39, 0.29) is 5.92 Å². The molecule has 0 saturated heterocycles. The van der Waals surface area contributed by atoms with E-state index in [0.29, 0.717) is 0 Å². The van der Waals surface area contributed by atoms with Gasteiger partial charge in [-0.05, 0) is 19.3 Å². The van der Waals surface area contributed by atoms with Crippen LogP contribution in [-0.4, -0.2) is 6.29 Å². The zero-order valence-electron chi connectivity index (χ0n) is 8.96. The highest BCUT2D eigenvalue weighted by Crippen LogP contribution is 2.04. The number of hydrogen-bond donors (Lipinski definition) is 0. The molecule has 0 saturated carbocycles. The first-order valence-electron chi connectivity index (χ1n) is 5.41. The Bertz CT molecular complexity index is 138. The molecule has 1 atom stereocenters. The largest absolute Gasteiger partial charge is 0.303 e. The van der Waals surface area contributed by atoms with Crippen LogP contribution in [0.15, 0.2) is 12.2 Å². The maximum absolute atomic E-state index is 10.3. The summed E-state index contributed by atoms with van der Waals surface area (Å²) in [4.78, 5) is 10.3. The van der Waals surface area contributed by atoms with Gasteiger partial charge in [-0.25, -0.2) is 0 Å². The fourth-order valence-electron chi connectivity index (χ4n) is 1.17. The maximum Gasteiger partial charge on any atom is 0.123 e. The molecule has 0 aromatic heterocycles. The molecule has 0 spiro atoms. The Kier molecular flexibility index (Phi) is 9.07. The monoisotopic (exact) mass is 182 g/mol. The molecule has 13 heavy (non-hydrogen) atoms. The van der Waals surface area contributed by atoms with Crippen LogP contribution >= 0.6 is 0 Å². The predicted octanol–water partition coefficient (Wildman–Crippen LogP) is 3.74. The second kappa shape index (κ2) is 9.50. The summed E-state index contributed by atoms with van der Waals surface area (Å²) in [6, 6.07) is 0. The van der Waals surface area contributed by atoms with Gasteiger partial charge in [0.25, 0.3) is 0 Å². The number of aldehydes is 1. The van der Waals surface area contributed by atoms with Crippen LogP contribution in [0.25, 0.3) is 0 Å². The predicted molar refractivity (Wildman–Crippen MR) is 57.7 cm³/mol. The van der Waals surface area contributed by atoms with Crippen molar-refractivity contribution in [3.05, 3.63) is 12.2 Å². The van der Waals surface area contributed by atoms with Crippen molar-refractivity contribution in [3.63, 3.8) is 0 Å². The molecule has 1 heteroatoms. The van der Waals surface area contributed by atoms with Gasteiger partial charge in [0.2, 0.25) is 0 Å². The van der Waals surface area contributed by atoms with Gasteiger partial charge in [0, 0.05) is 5.92 Å². The molecule has 0 N–H and O–H groups in total. The standard InChI is InChI=1S/C12H22O/c1-3-4-5-6-7-8-9-10-12(2)11-13/h8-9,11-12H,3-7,10H2,1-2H3/b9-8+. The molecule has 0 rings (SSSR count). The second-order valence-electron chi connectivity index (χ2n) is 3.67. The van der Waals surface area contributed by atoms with Gasteiger partial charge in [0.15, 0.2) is 0 Å². The van der Waals surface area contributed by atoms with Gasteiger partial charge in [-0.15, -0.1) is 0 Å². The van der Waals surface area contributed by atoms with Crippen LogP contribution in [0.1, 0.15) is 52.4 Å². The van der Waals surface area contributed by atoms with Gasteiger partial charge in [0.1, 0.15) is 6.29 Å². The Morgan fingerprint density at radius 3 is 2.54 bits per heavy atom. The third-order valence-electron chi connectivity index (χ3n) is 2.13. The average Bonchev–Trinajstić information content (AvgIpc) is 2.16. The number of hydrogen-bond acceptors (Lipinski definition) is 1. The molecular weight excluding hydrogens is 160 g/mol. The minimum Gasteiger partial charge on any atom is -0.303 e. The van der Waals surface area contributed by atoms with Gasteiger partial charge < -0.3 is 4.79 Å². The summed E-state index contributed by atoms with van der Waals surface area (Å²) in [7, 11) is 0. The lowest BCUT2D eigenvalue weighted by Crippen LogP contribution is -1.91. The van der Waals surface area contributed by atoms with Crippen molar-refractivity contribution in [2.45, 2.75) is 52.4 Å². The molecular formula is C12H22O. The summed E-state index contributed by atoms with van der Waals surface area (Å²) >= 11 is 0. The van der Waals surface area contributed by atoms with E-state index in [1.165, 1.54) is 32.1 Å². The van der Waals surface area contributed by atoms with Crippen molar-refractivity contribution in [1.82, 2.24) is 0 Å². The molecule has 76 valence electrons. The van der Waals surface area contributed by atoms with Gasteiger partial charge in [-0.2, -0.15) is 0 Å². The van der Waals surface area contributed by atoms with Crippen molar-refractivity contribution in [3.8, 4) is 0 Å². The number of carbonyl (C=O) groups is 1. The van der Waals surface area contributed by atoms with E-state index in [1.807, 2.05) is 6.92 Å². The van der Waals surface area contributed by atoms with Crippen LogP contribution in [0.3, 0.4) is 0 Å². The Labute approximate surface area is 82.2 Å². The molecule has 0 aromatic carbocycles. The molecule has 1 unspecified atom stereocenters. The number of rotatable bonds is 8. The van der Waals surface area contributed by atoms with Gasteiger partial charge in [-0.3, -0.25) is 0 Å². The Balaban J connectivity index is 3.16. The first-order chi connectivity index (χ1) is 6.31. The lowest BCUT2D eigenvalue weighted by molar-refractivity contribution is -0.110. The van der Waals surface area contributed by atoms with E-state index in [4.69, 9.17) is 0 Å². The average molecular weight is 182 g/mol.